The Morgan fingerprint density at radius 2 is 1.89 bits per heavy atom. The number of rotatable bonds is 8. The number of anilines is 1. The van der Waals surface area contributed by atoms with Crippen LogP contribution in [0.1, 0.15) is 18.9 Å². The van der Waals surface area contributed by atoms with Gasteiger partial charge < -0.3 is 19.5 Å². The monoisotopic (exact) mass is 391 g/mol. The third kappa shape index (κ3) is 6.18. The van der Waals surface area contributed by atoms with Crippen LogP contribution in [0.2, 0.25) is 5.02 Å². The number of carbonyl (C=O) groups excluding carboxylic acids is 2. The summed E-state index contributed by atoms with van der Waals surface area (Å²) in [6, 6.07) is 12.5. The molecule has 27 heavy (non-hydrogen) atoms. The normalized spacial score (nSPS) is 11.4. The summed E-state index contributed by atoms with van der Waals surface area (Å²) in [7, 11) is 1.48. The Kier molecular flexibility index (Phi) is 7.49. The average molecular weight is 392 g/mol. The molecule has 0 saturated carbocycles. The van der Waals surface area contributed by atoms with Crippen molar-refractivity contribution in [3.63, 3.8) is 0 Å². The van der Waals surface area contributed by atoms with E-state index in [1.54, 1.807) is 24.3 Å². The highest BCUT2D eigenvalue weighted by Crippen LogP contribution is 2.31. The molecule has 1 amide bonds. The lowest BCUT2D eigenvalue weighted by Crippen LogP contribution is -2.30. The number of hydrogen-bond acceptors (Lipinski definition) is 5. The van der Waals surface area contributed by atoms with Gasteiger partial charge in [-0.1, -0.05) is 29.8 Å². The number of hydrogen-bond donors (Lipinski definition) is 1. The van der Waals surface area contributed by atoms with Crippen LogP contribution in [0.15, 0.2) is 42.5 Å². The highest BCUT2D eigenvalue weighted by molar-refractivity contribution is 6.31. The minimum absolute atomic E-state index is 0.0376. The molecular formula is C20H22ClNO5. The molecule has 0 bridgehead atoms. The van der Waals surface area contributed by atoms with Crippen molar-refractivity contribution in [3.05, 3.63) is 53.1 Å². The molecule has 144 valence electrons. The maximum absolute atomic E-state index is 12.3. The molecule has 0 fully saturated rings. The van der Waals surface area contributed by atoms with Crippen LogP contribution in [-0.2, 0) is 14.3 Å². The molecule has 0 heterocycles. The van der Waals surface area contributed by atoms with Gasteiger partial charge in [0.05, 0.1) is 25.8 Å². The van der Waals surface area contributed by atoms with E-state index in [-0.39, 0.29) is 13.0 Å². The molecule has 7 heteroatoms. The Balaban J connectivity index is 1.84. The van der Waals surface area contributed by atoms with Crippen molar-refractivity contribution in [2.24, 2.45) is 0 Å². The van der Waals surface area contributed by atoms with Gasteiger partial charge in [-0.25, -0.2) is 0 Å². The van der Waals surface area contributed by atoms with Gasteiger partial charge in [-0.05, 0) is 37.6 Å². The molecule has 2 aromatic rings. The van der Waals surface area contributed by atoms with Gasteiger partial charge in [0.25, 0.3) is 5.91 Å². The van der Waals surface area contributed by atoms with Crippen molar-refractivity contribution in [1.82, 2.24) is 0 Å². The van der Waals surface area contributed by atoms with E-state index in [1.165, 1.54) is 14.0 Å². The Morgan fingerprint density at radius 1 is 1.19 bits per heavy atom. The van der Waals surface area contributed by atoms with Gasteiger partial charge in [-0.2, -0.15) is 0 Å². The fourth-order valence-corrected chi connectivity index (χ4v) is 2.40. The lowest BCUT2D eigenvalue weighted by Gasteiger charge is -2.16. The number of aryl methyl sites for hydroxylation is 1. The van der Waals surface area contributed by atoms with Crippen molar-refractivity contribution in [3.8, 4) is 11.5 Å². The summed E-state index contributed by atoms with van der Waals surface area (Å²) in [5.41, 5.74) is 1.25. The van der Waals surface area contributed by atoms with Crippen LogP contribution in [0.4, 0.5) is 5.69 Å². The second kappa shape index (κ2) is 9.83. The highest BCUT2D eigenvalue weighted by atomic mass is 35.5. The minimum atomic E-state index is -0.963. The number of carbonyl (C=O) groups is 2. The molecule has 0 unspecified atom stereocenters. The molecule has 0 aliphatic rings. The number of amides is 1. The quantitative estimate of drug-likeness (QED) is 0.688. The molecule has 0 spiro atoms. The Labute approximate surface area is 163 Å². The maximum Gasteiger partial charge on any atom is 0.310 e. The molecule has 0 radical (unpaired) electrons. The zero-order chi connectivity index (χ0) is 19.8. The van der Waals surface area contributed by atoms with E-state index in [0.717, 1.165) is 5.56 Å². The maximum atomic E-state index is 12.3. The predicted octanol–water partition coefficient (Wildman–Crippen LogP) is 4.00. The Morgan fingerprint density at radius 3 is 2.56 bits per heavy atom. The second-order valence-corrected chi connectivity index (χ2v) is 6.24. The summed E-state index contributed by atoms with van der Waals surface area (Å²) in [6.07, 6.45) is -0.925. The molecule has 0 saturated heterocycles. The molecule has 1 atom stereocenters. The van der Waals surface area contributed by atoms with Gasteiger partial charge >= 0.3 is 5.97 Å². The smallest absolute Gasteiger partial charge is 0.310 e. The van der Waals surface area contributed by atoms with Gasteiger partial charge in [0.2, 0.25) is 0 Å². The third-order valence-electron chi connectivity index (χ3n) is 3.73. The summed E-state index contributed by atoms with van der Waals surface area (Å²) in [6.45, 7) is 3.48. The SMILES string of the molecule is COc1cc(Cl)c(C)cc1NC(=O)[C@H](C)OC(=O)CCOc1ccccc1. The van der Waals surface area contributed by atoms with E-state index in [0.29, 0.717) is 22.2 Å². The van der Waals surface area contributed by atoms with Gasteiger partial charge in [-0.3, -0.25) is 9.59 Å². The van der Waals surface area contributed by atoms with E-state index >= 15 is 0 Å². The first-order valence-corrected chi connectivity index (χ1v) is 8.81. The van der Waals surface area contributed by atoms with E-state index in [4.69, 9.17) is 25.8 Å². The van der Waals surface area contributed by atoms with Gasteiger partial charge in [0, 0.05) is 11.1 Å². The lowest BCUT2D eigenvalue weighted by atomic mass is 10.2. The Bertz CT molecular complexity index is 794. The number of methoxy groups -OCH3 is 1. The topological polar surface area (TPSA) is 73.9 Å². The van der Waals surface area contributed by atoms with Gasteiger partial charge in [-0.15, -0.1) is 0 Å². The molecule has 6 nitrogen and oxygen atoms in total. The van der Waals surface area contributed by atoms with Crippen molar-refractivity contribution in [2.75, 3.05) is 19.0 Å². The van der Waals surface area contributed by atoms with Crippen LogP contribution in [0, 0.1) is 6.92 Å². The molecule has 0 aliphatic carbocycles. The zero-order valence-corrected chi connectivity index (χ0v) is 16.2. The van der Waals surface area contributed by atoms with Crippen LogP contribution < -0.4 is 14.8 Å². The first-order chi connectivity index (χ1) is 12.9. The number of nitrogens with one attached hydrogen (secondary N) is 1. The van der Waals surface area contributed by atoms with Crippen molar-refractivity contribution in [1.29, 1.82) is 0 Å². The van der Waals surface area contributed by atoms with Crippen LogP contribution in [0.5, 0.6) is 11.5 Å². The van der Waals surface area contributed by atoms with E-state index < -0.39 is 18.0 Å². The first kappa shape index (κ1) is 20.6. The van der Waals surface area contributed by atoms with Crippen LogP contribution in [0.25, 0.3) is 0 Å². The number of halogens is 1. The third-order valence-corrected chi connectivity index (χ3v) is 4.14. The summed E-state index contributed by atoms with van der Waals surface area (Å²) >= 11 is 6.05. The van der Waals surface area contributed by atoms with Crippen LogP contribution in [0.3, 0.4) is 0 Å². The standard InChI is InChI=1S/C20H22ClNO5/c1-13-11-17(18(25-3)12-16(13)21)22-20(24)14(2)27-19(23)9-10-26-15-7-5-4-6-8-15/h4-8,11-12,14H,9-10H2,1-3H3,(H,22,24)/t14-/m0/s1. The summed E-state index contributed by atoms with van der Waals surface area (Å²) in [5, 5.41) is 3.22. The van der Waals surface area contributed by atoms with Crippen LogP contribution in [-0.4, -0.2) is 31.7 Å². The van der Waals surface area contributed by atoms with E-state index in [9.17, 15) is 9.59 Å². The van der Waals surface area contributed by atoms with Gasteiger partial charge in [0.15, 0.2) is 6.10 Å². The number of ether oxygens (including phenoxy) is 3. The molecule has 1 N–H and O–H groups in total. The molecule has 0 aromatic heterocycles. The average Bonchev–Trinajstić information content (AvgIpc) is 2.65. The van der Waals surface area contributed by atoms with E-state index in [1.807, 2.05) is 25.1 Å². The van der Waals surface area contributed by atoms with Gasteiger partial charge in [0.1, 0.15) is 11.5 Å². The first-order valence-electron chi connectivity index (χ1n) is 8.43. The fraction of sp³-hybridized carbons (Fsp3) is 0.300. The largest absolute Gasteiger partial charge is 0.495 e. The highest BCUT2D eigenvalue weighted by Gasteiger charge is 2.20. The number of esters is 1. The second-order valence-electron chi connectivity index (χ2n) is 5.83. The van der Waals surface area contributed by atoms with Crippen molar-refractivity contribution >= 4 is 29.2 Å². The molecule has 0 aliphatic heterocycles. The molecule has 2 rings (SSSR count). The van der Waals surface area contributed by atoms with Crippen LogP contribution >= 0.6 is 11.6 Å². The lowest BCUT2D eigenvalue weighted by molar-refractivity contribution is -0.153. The van der Waals surface area contributed by atoms with Crippen molar-refractivity contribution < 1.29 is 23.8 Å². The molecular weight excluding hydrogens is 370 g/mol. The summed E-state index contributed by atoms with van der Waals surface area (Å²) in [4.78, 5) is 24.2. The van der Waals surface area contributed by atoms with Crippen molar-refractivity contribution in [2.45, 2.75) is 26.4 Å². The summed E-state index contributed by atoms with van der Waals surface area (Å²) < 4.78 is 15.8. The van der Waals surface area contributed by atoms with E-state index in [2.05, 4.69) is 5.32 Å². The number of benzene rings is 2. The number of para-hydroxylation sites is 1. The Hall–Kier alpha value is -2.73. The fourth-order valence-electron chi connectivity index (χ4n) is 2.24. The minimum Gasteiger partial charge on any atom is -0.495 e. The predicted molar refractivity (Wildman–Crippen MR) is 103 cm³/mol. The molecule has 2 aromatic carbocycles. The zero-order valence-electron chi connectivity index (χ0n) is 15.5. The summed E-state index contributed by atoms with van der Waals surface area (Å²) in [5.74, 6) is 0.107.